The van der Waals surface area contributed by atoms with E-state index < -0.39 is 11.8 Å². The summed E-state index contributed by atoms with van der Waals surface area (Å²) in [6, 6.07) is 13.0. The van der Waals surface area contributed by atoms with Crippen molar-refractivity contribution in [2.45, 2.75) is 50.5 Å². The van der Waals surface area contributed by atoms with Gasteiger partial charge < -0.3 is 19.1 Å². The van der Waals surface area contributed by atoms with Crippen molar-refractivity contribution in [2.24, 2.45) is 5.92 Å². The van der Waals surface area contributed by atoms with Crippen LogP contribution in [0.3, 0.4) is 0 Å². The highest BCUT2D eigenvalue weighted by Gasteiger charge is 2.59. The van der Waals surface area contributed by atoms with Crippen molar-refractivity contribution in [3.63, 3.8) is 0 Å². The van der Waals surface area contributed by atoms with E-state index in [2.05, 4.69) is 14.5 Å². The van der Waals surface area contributed by atoms with Gasteiger partial charge in [0.1, 0.15) is 24.1 Å². The lowest BCUT2D eigenvalue weighted by Gasteiger charge is -2.31. The highest BCUT2D eigenvalue weighted by atomic mass is 19.1. The Balaban J connectivity index is 1.04. The Labute approximate surface area is 241 Å². The van der Waals surface area contributed by atoms with Crippen LogP contribution in [0.1, 0.15) is 52.4 Å². The molecule has 3 aliphatic rings. The molecule has 7 rings (SSSR count). The fourth-order valence-corrected chi connectivity index (χ4v) is 6.23. The van der Waals surface area contributed by atoms with E-state index in [-0.39, 0.29) is 29.3 Å². The summed E-state index contributed by atoms with van der Waals surface area (Å²) in [6.45, 7) is 3.82. The molecule has 1 N–H and O–H groups in total. The molecule has 4 heterocycles. The molecule has 10 nitrogen and oxygen atoms in total. The fraction of sp³-hybridized carbons (Fsp3) is 0.387. The van der Waals surface area contributed by atoms with Crippen LogP contribution in [0.15, 0.2) is 48.7 Å². The van der Waals surface area contributed by atoms with Crippen LogP contribution in [-0.2, 0) is 29.8 Å². The first-order chi connectivity index (χ1) is 20.4. The smallest absolute Gasteiger partial charge is 0.335 e. The summed E-state index contributed by atoms with van der Waals surface area (Å²) in [4.78, 5) is 28.2. The number of carboxylic acids is 1. The number of halogens is 1. The maximum Gasteiger partial charge on any atom is 0.335 e. The van der Waals surface area contributed by atoms with Gasteiger partial charge in [0.25, 0.3) is 0 Å². The summed E-state index contributed by atoms with van der Waals surface area (Å²) in [6.07, 6.45) is 4.69. The number of carbonyl (C=O) groups is 1. The first-order valence-electron chi connectivity index (χ1n) is 14.1. The zero-order valence-electron chi connectivity index (χ0n) is 22.9. The first kappa shape index (κ1) is 26.5. The van der Waals surface area contributed by atoms with Crippen molar-refractivity contribution < 1.29 is 23.8 Å². The summed E-state index contributed by atoms with van der Waals surface area (Å²) < 4.78 is 27.9. The molecule has 0 amide bonds. The van der Waals surface area contributed by atoms with E-state index in [1.807, 2.05) is 6.07 Å². The number of aromatic nitrogens is 4. The Morgan fingerprint density at radius 2 is 2.12 bits per heavy atom. The molecule has 2 aromatic carbocycles. The van der Waals surface area contributed by atoms with Crippen molar-refractivity contribution in [1.82, 2.24) is 24.4 Å². The summed E-state index contributed by atoms with van der Waals surface area (Å²) in [5, 5.41) is 18.5. The molecule has 4 aromatic rings. The van der Waals surface area contributed by atoms with Crippen LogP contribution in [0.4, 0.5) is 4.39 Å². The van der Waals surface area contributed by atoms with Gasteiger partial charge in [-0.15, -0.1) is 0 Å². The second-order valence-corrected chi connectivity index (χ2v) is 11.4. The van der Waals surface area contributed by atoms with E-state index in [0.29, 0.717) is 30.5 Å². The zero-order chi connectivity index (χ0) is 28.8. The van der Waals surface area contributed by atoms with Crippen molar-refractivity contribution in [2.75, 3.05) is 19.7 Å². The van der Waals surface area contributed by atoms with Crippen LogP contribution in [0.5, 0.6) is 5.88 Å². The standard InChI is InChI=1S/C31H29FN6O4/c32-24-11-19(14-33)1-2-21(24)18-42-28-5-8-34-30(36-28)31-7-9-37(15-22(31)13-31)17-27-35-25-4-3-20(29(39)40)12-26(25)38(27)16-23-6-10-41-23/h1-5,8,11-12,22-23H,6-7,9-10,13,15-18H2,(H,39,40). The Kier molecular flexibility index (Phi) is 6.60. The average Bonchev–Trinajstić information content (AvgIpc) is 3.62. The van der Waals surface area contributed by atoms with E-state index in [0.717, 1.165) is 61.6 Å². The number of fused-ring (bicyclic) bond motifs is 2. The molecule has 3 fully saturated rings. The summed E-state index contributed by atoms with van der Waals surface area (Å²) in [5.74, 6) is 1.05. The molecule has 2 saturated heterocycles. The minimum Gasteiger partial charge on any atom is -0.478 e. The van der Waals surface area contributed by atoms with E-state index in [1.54, 1.807) is 42.6 Å². The van der Waals surface area contributed by atoms with Gasteiger partial charge in [-0.25, -0.2) is 19.2 Å². The van der Waals surface area contributed by atoms with Gasteiger partial charge in [0.15, 0.2) is 0 Å². The van der Waals surface area contributed by atoms with Crippen LogP contribution in [0.25, 0.3) is 11.0 Å². The van der Waals surface area contributed by atoms with Gasteiger partial charge in [0.05, 0.1) is 47.4 Å². The molecule has 11 heteroatoms. The molecular weight excluding hydrogens is 539 g/mol. The van der Waals surface area contributed by atoms with Gasteiger partial charge in [-0.05, 0) is 62.1 Å². The normalized spacial score (nSPS) is 23.1. The van der Waals surface area contributed by atoms with Crippen LogP contribution < -0.4 is 4.74 Å². The zero-order valence-corrected chi connectivity index (χ0v) is 22.9. The Bertz CT molecular complexity index is 1730. The number of ether oxygens (including phenoxy) is 2. The van der Waals surface area contributed by atoms with Crippen LogP contribution in [0.2, 0.25) is 0 Å². The van der Waals surface area contributed by atoms with E-state index in [1.165, 1.54) is 6.07 Å². The molecule has 0 radical (unpaired) electrons. The van der Waals surface area contributed by atoms with E-state index in [9.17, 15) is 14.3 Å². The van der Waals surface area contributed by atoms with Gasteiger partial charge in [0.2, 0.25) is 5.88 Å². The fourth-order valence-electron chi connectivity index (χ4n) is 6.23. The Morgan fingerprint density at radius 3 is 2.86 bits per heavy atom. The van der Waals surface area contributed by atoms with Gasteiger partial charge in [-0.3, -0.25) is 4.90 Å². The predicted molar refractivity (Wildman–Crippen MR) is 148 cm³/mol. The number of carboxylic acid groups (broad SMARTS) is 1. The largest absolute Gasteiger partial charge is 0.478 e. The molecule has 3 unspecified atom stereocenters. The minimum atomic E-state index is -0.953. The van der Waals surface area contributed by atoms with E-state index in [4.69, 9.17) is 24.7 Å². The number of nitriles is 1. The third-order valence-corrected chi connectivity index (χ3v) is 8.84. The van der Waals surface area contributed by atoms with Crippen molar-refractivity contribution in [3.8, 4) is 11.9 Å². The number of hydrogen-bond donors (Lipinski definition) is 1. The monoisotopic (exact) mass is 568 g/mol. The molecule has 0 bridgehead atoms. The van der Waals surface area contributed by atoms with Gasteiger partial charge >= 0.3 is 5.97 Å². The maximum absolute atomic E-state index is 14.3. The Morgan fingerprint density at radius 1 is 1.24 bits per heavy atom. The van der Waals surface area contributed by atoms with Crippen molar-refractivity contribution in [1.29, 1.82) is 5.26 Å². The third-order valence-electron chi connectivity index (χ3n) is 8.84. The van der Waals surface area contributed by atoms with Gasteiger partial charge in [0, 0.05) is 36.4 Å². The van der Waals surface area contributed by atoms with E-state index >= 15 is 0 Å². The molecule has 0 spiro atoms. The van der Waals surface area contributed by atoms with Crippen molar-refractivity contribution >= 4 is 17.0 Å². The highest BCUT2D eigenvalue weighted by Crippen LogP contribution is 2.58. The van der Waals surface area contributed by atoms with Crippen LogP contribution in [0, 0.1) is 23.1 Å². The quantitative estimate of drug-likeness (QED) is 0.318. The number of rotatable bonds is 9. The molecule has 214 valence electrons. The predicted octanol–water partition coefficient (Wildman–Crippen LogP) is 4.07. The molecule has 1 saturated carbocycles. The van der Waals surface area contributed by atoms with Crippen LogP contribution in [-0.4, -0.2) is 61.3 Å². The SMILES string of the molecule is N#Cc1ccc(COc2ccnc(C34CCN(Cc5nc6ccc(C(=O)O)cc6n5CC5CCO5)CC3C4)n2)c(F)c1. The lowest BCUT2D eigenvalue weighted by Crippen LogP contribution is -2.38. The number of nitrogens with zero attached hydrogens (tertiary/aromatic N) is 6. The first-order valence-corrected chi connectivity index (χ1v) is 14.1. The molecule has 2 aromatic heterocycles. The Hall–Kier alpha value is -4.40. The lowest BCUT2D eigenvalue weighted by molar-refractivity contribution is -0.0592. The summed E-state index contributed by atoms with van der Waals surface area (Å²) in [5.41, 5.74) is 2.40. The topological polar surface area (TPSA) is 126 Å². The van der Waals surface area contributed by atoms with Gasteiger partial charge in [-0.2, -0.15) is 10.2 Å². The average molecular weight is 569 g/mol. The number of hydrogen-bond acceptors (Lipinski definition) is 8. The van der Waals surface area contributed by atoms with Gasteiger partial charge in [-0.1, -0.05) is 6.07 Å². The number of benzene rings is 2. The number of piperidine rings is 1. The maximum atomic E-state index is 14.3. The second kappa shape index (κ2) is 10.5. The second-order valence-electron chi connectivity index (χ2n) is 11.4. The molecule has 3 atom stereocenters. The van der Waals surface area contributed by atoms with Crippen LogP contribution >= 0.6 is 0 Å². The number of likely N-dealkylation sites (tertiary alicyclic amines) is 1. The number of imidazole rings is 1. The summed E-state index contributed by atoms with van der Waals surface area (Å²) >= 11 is 0. The molecular formula is C31H29FN6O4. The number of aromatic carboxylic acids is 1. The minimum absolute atomic E-state index is 0.0130. The molecule has 42 heavy (non-hydrogen) atoms. The lowest BCUT2D eigenvalue weighted by atomic mass is 9.94. The summed E-state index contributed by atoms with van der Waals surface area (Å²) in [7, 11) is 0. The van der Waals surface area contributed by atoms with Crippen molar-refractivity contribution in [3.05, 3.63) is 82.8 Å². The third kappa shape index (κ3) is 4.86. The molecule has 2 aliphatic heterocycles. The highest BCUT2D eigenvalue weighted by molar-refractivity contribution is 5.92. The molecule has 1 aliphatic carbocycles.